The van der Waals surface area contributed by atoms with E-state index >= 15 is 0 Å². The molecule has 3 aromatic rings. The highest BCUT2D eigenvalue weighted by molar-refractivity contribution is 7.36. The summed E-state index contributed by atoms with van der Waals surface area (Å²) in [7, 11) is -2.37. The molecule has 4 heteroatoms. The predicted octanol–water partition coefficient (Wildman–Crippen LogP) is 5.36. The van der Waals surface area contributed by atoms with Gasteiger partial charge in [-0.1, -0.05) is 60.0 Å². The Labute approximate surface area is 155 Å². The number of para-hydroxylation sites is 2. The third-order valence-corrected chi connectivity index (χ3v) is 5.02. The van der Waals surface area contributed by atoms with E-state index in [-0.39, 0.29) is 6.16 Å². The van der Waals surface area contributed by atoms with Crippen LogP contribution in [0.15, 0.2) is 78.9 Å². The Morgan fingerprint density at radius 2 is 1.42 bits per heavy atom. The van der Waals surface area contributed by atoms with Gasteiger partial charge in [-0.15, -0.1) is 0 Å². The minimum atomic E-state index is -2.37. The molecule has 0 spiro atoms. The highest BCUT2D eigenvalue weighted by Gasteiger charge is 2.17. The van der Waals surface area contributed by atoms with Crippen molar-refractivity contribution in [1.82, 2.24) is 0 Å². The van der Waals surface area contributed by atoms with Gasteiger partial charge in [0.15, 0.2) is 0 Å². The maximum atomic E-state index is 11.1. The van der Waals surface area contributed by atoms with Gasteiger partial charge in [0, 0.05) is 23.5 Å². The first-order chi connectivity index (χ1) is 12.7. The lowest BCUT2D eigenvalue weighted by atomic mass is 9.99. The van der Waals surface area contributed by atoms with Crippen molar-refractivity contribution < 1.29 is 9.46 Å². The van der Waals surface area contributed by atoms with Gasteiger partial charge in [-0.05, 0) is 47.9 Å². The zero-order chi connectivity index (χ0) is 18.4. The van der Waals surface area contributed by atoms with Crippen molar-refractivity contribution >= 4 is 25.1 Å². The standard InChI is InChI=1S/C22H22NO2P/c1-2-21-18(16-17-26(24)25)10-9-15-22(21)23(19-11-5-3-6-12-19)20-13-7-4-8-14-20/h3-15H,2,16-17H2,1H3. The van der Waals surface area contributed by atoms with Crippen LogP contribution in [0.1, 0.15) is 18.1 Å². The minimum absolute atomic E-state index is 0.183. The normalized spacial score (nSPS) is 11.2. The van der Waals surface area contributed by atoms with Crippen molar-refractivity contribution in [2.75, 3.05) is 11.1 Å². The van der Waals surface area contributed by atoms with Crippen LogP contribution in [-0.2, 0) is 17.4 Å². The fourth-order valence-electron chi connectivity index (χ4n) is 3.27. The van der Waals surface area contributed by atoms with E-state index in [2.05, 4.69) is 42.2 Å². The summed E-state index contributed by atoms with van der Waals surface area (Å²) in [6.45, 7) is 2.12. The second kappa shape index (κ2) is 8.75. The molecular weight excluding hydrogens is 341 g/mol. The Hall–Kier alpha value is -2.48. The number of rotatable bonds is 7. The van der Waals surface area contributed by atoms with Crippen LogP contribution in [0.2, 0.25) is 0 Å². The van der Waals surface area contributed by atoms with E-state index < -0.39 is 8.03 Å². The molecule has 0 saturated carbocycles. The molecule has 0 aliphatic carbocycles. The highest BCUT2D eigenvalue weighted by atomic mass is 31.1. The molecule has 0 saturated heterocycles. The molecule has 0 amide bonds. The molecule has 0 bridgehead atoms. The van der Waals surface area contributed by atoms with Crippen LogP contribution in [-0.4, -0.2) is 6.16 Å². The Morgan fingerprint density at radius 1 is 0.846 bits per heavy atom. The fraction of sp³-hybridized carbons (Fsp3) is 0.182. The van der Waals surface area contributed by atoms with Crippen LogP contribution < -0.4 is 9.79 Å². The van der Waals surface area contributed by atoms with Crippen molar-refractivity contribution in [3.8, 4) is 0 Å². The SMILES string of the molecule is CCc1c(CC[P+](=O)[O-])cccc1N(c1ccccc1)c1ccccc1. The minimum Gasteiger partial charge on any atom is -0.596 e. The van der Waals surface area contributed by atoms with Crippen LogP contribution in [0.4, 0.5) is 17.1 Å². The molecule has 0 aliphatic rings. The molecule has 0 radical (unpaired) electrons. The third-order valence-electron chi connectivity index (χ3n) is 4.44. The summed E-state index contributed by atoms with van der Waals surface area (Å²) in [5.74, 6) is 0. The topological polar surface area (TPSA) is 43.4 Å². The molecule has 26 heavy (non-hydrogen) atoms. The molecule has 0 heterocycles. The van der Waals surface area contributed by atoms with Gasteiger partial charge >= 0.3 is 8.03 Å². The molecule has 1 atom stereocenters. The summed E-state index contributed by atoms with van der Waals surface area (Å²) in [5.41, 5.74) is 5.56. The summed E-state index contributed by atoms with van der Waals surface area (Å²) in [6, 6.07) is 26.7. The molecule has 0 N–H and O–H groups in total. The fourth-order valence-corrected chi connectivity index (χ4v) is 3.69. The molecule has 0 fully saturated rings. The summed E-state index contributed by atoms with van der Waals surface area (Å²) >= 11 is 0. The van der Waals surface area contributed by atoms with Crippen molar-refractivity contribution in [2.24, 2.45) is 0 Å². The van der Waals surface area contributed by atoms with Gasteiger partial charge in [0.25, 0.3) is 0 Å². The van der Waals surface area contributed by atoms with Crippen molar-refractivity contribution in [3.63, 3.8) is 0 Å². The lowest BCUT2D eigenvalue weighted by Gasteiger charge is -2.28. The van der Waals surface area contributed by atoms with E-state index in [9.17, 15) is 9.46 Å². The Kier molecular flexibility index (Phi) is 6.17. The smallest absolute Gasteiger partial charge is 0.309 e. The first-order valence-electron chi connectivity index (χ1n) is 8.83. The first-order valence-corrected chi connectivity index (χ1v) is 10.2. The van der Waals surface area contributed by atoms with E-state index in [0.717, 1.165) is 29.0 Å². The van der Waals surface area contributed by atoms with Crippen LogP contribution in [0.3, 0.4) is 0 Å². The Morgan fingerprint density at radius 3 is 1.92 bits per heavy atom. The van der Waals surface area contributed by atoms with Gasteiger partial charge in [-0.3, -0.25) is 0 Å². The number of hydrogen-bond acceptors (Lipinski definition) is 3. The molecule has 0 aromatic heterocycles. The zero-order valence-electron chi connectivity index (χ0n) is 14.8. The number of anilines is 3. The molecule has 132 valence electrons. The first kappa shape index (κ1) is 18.3. The van der Waals surface area contributed by atoms with Crippen LogP contribution in [0, 0.1) is 0 Å². The van der Waals surface area contributed by atoms with E-state index in [0.29, 0.717) is 6.42 Å². The van der Waals surface area contributed by atoms with E-state index in [1.165, 1.54) is 5.56 Å². The molecule has 3 aromatic carbocycles. The number of aryl methyl sites for hydroxylation is 1. The molecule has 1 unspecified atom stereocenters. The zero-order valence-corrected chi connectivity index (χ0v) is 15.7. The summed E-state index contributed by atoms with van der Waals surface area (Å²) in [5, 5.41) is 0. The number of hydrogen-bond donors (Lipinski definition) is 0. The van der Waals surface area contributed by atoms with Gasteiger partial charge in [0.05, 0.1) is 0 Å². The van der Waals surface area contributed by atoms with Gasteiger partial charge in [0.2, 0.25) is 0 Å². The average Bonchev–Trinajstić information content (AvgIpc) is 2.68. The largest absolute Gasteiger partial charge is 0.596 e. The second-order valence-corrected chi connectivity index (χ2v) is 7.19. The van der Waals surface area contributed by atoms with Gasteiger partial charge in [0.1, 0.15) is 6.16 Å². The summed E-state index contributed by atoms with van der Waals surface area (Å²) in [6.07, 6.45) is 1.58. The number of benzene rings is 3. The van der Waals surface area contributed by atoms with Crippen LogP contribution >= 0.6 is 8.03 Å². The summed E-state index contributed by atoms with van der Waals surface area (Å²) in [4.78, 5) is 13.3. The van der Waals surface area contributed by atoms with E-state index in [4.69, 9.17) is 0 Å². The van der Waals surface area contributed by atoms with Gasteiger partial charge < -0.3 is 9.79 Å². The Bertz CT molecular complexity index is 826. The highest BCUT2D eigenvalue weighted by Crippen LogP contribution is 2.37. The van der Waals surface area contributed by atoms with Crippen LogP contribution in [0.25, 0.3) is 0 Å². The number of nitrogens with zero attached hydrogens (tertiary/aromatic N) is 1. The van der Waals surface area contributed by atoms with Crippen molar-refractivity contribution in [2.45, 2.75) is 19.8 Å². The maximum Gasteiger partial charge on any atom is 0.309 e. The lowest BCUT2D eigenvalue weighted by Crippen LogP contribution is -2.13. The maximum absolute atomic E-state index is 11.1. The molecule has 0 aliphatic heterocycles. The average molecular weight is 363 g/mol. The summed E-state index contributed by atoms with van der Waals surface area (Å²) < 4.78 is 11.1. The lowest BCUT2D eigenvalue weighted by molar-refractivity contribution is -0.164. The molecule has 3 nitrogen and oxygen atoms in total. The third kappa shape index (κ3) is 4.19. The predicted molar refractivity (Wildman–Crippen MR) is 107 cm³/mol. The molecular formula is C22H22NO2P. The monoisotopic (exact) mass is 363 g/mol. The van der Waals surface area contributed by atoms with Crippen molar-refractivity contribution in [1.29, 1.82) is 0 Å². The second-order valence-electron chi connectivity index (χ2n) is 6.08. The van der Waals surface area contributed by atoms with Gasteiger partial charge in [-0.2, -0.15) is 0 Å². The Balaban J connectivity index is 2.12. The molecule has 3 rings (SSSR count). The van der Waals surface area contributed by atoms with E-state index in [1.807, 2.05) is 48.5 Å². The van der Waals surface area contributed by atoms with Crippen LogP contribution in [0.5, 0.6) is 0 Å². The van der Waals surface area contributed by atoms with Gasteiger partial charge in [-0.25, -0.2) is 0 Å². The quantitative estimate of drug-likeness (QED) is 0.531. The van der Waals surface area contributed by atoms with Crippen molar-refractivity contribution in [3.05, 3.63) is 90.0 Å². The van der Waals surface area contributed by atoms with E-state index in [1.54, 1.807) is 0 Å².